The van der Waals surface area contributed by atoms with E-state index >= 15 is 0 Å². The van der Waals surface area contributed by atoms with Crippen molar-refractivity contribution < 1.29 is 14.4 Å². The Hall–Kier alpha value is -1.56. The summed E-state index contributed by atoms with van der Waals surface area (Å²) in [7, 11) is 0. The summed E-state index contributed by atoms with van der Waals surface area (Å²) in [6.07, 6.45) is 2.69. The van der Waals surface area contributed by atoms with Gasteiger partial charge in [-0.1, -0.05) is 5.16 Å². The maximum absolute atomic E-state index is 11.6. The summed E-state index contributed by atoms with van der Waals surface area (Å²) in [4.78, 5) is 11.6. The number of aryl methyl sites for hydroxylation is 2. The zero-order valence-corrected chi connectivity index (χ0v) is 11.5. The number of hydrogen-bond acceptors (Lipinski definition) is 4. The molecule has 6 heteroatoms. The van der Waals surface area contributed by atoms with Crippen LogP contribution in [0.1, 0.15) is 29.9 Å². The first-order chi connectivity index (χ1) is 9.06. The second-order valence-corrected chi connectivity index (χ2v) is 5.32. The Labute approximate surface area is 112 Å². The van der Waals surface area contributed by atoms with E-state index in [1.165, 1.54) is 0 Å². The fourth-order valence-corrected chi connectivity index (χ4v) is 2.06. The molecule has 0 spiro atoms. The van der Waals surface area contributed by atoms with Gasteiger partial charge in [0.1, 0.15) is 5.76 Å². The van der Waals surface area contributed by atoms with Crippen molar-refractivity contribution in [3.8, 4) is 0 Å². The number of nitrogens with one attached hydrogen (secondary N) is 2. The molecule has 0 atom stereocenters. The molecule has 1 fully saturated rings. The molecule has 19 heavy (non-hydrogen) atoms. The maximum atomic E-state index is 11.6. The molecular formula is C13H21N3O3. The van der Waals surface area contributed by atoms with E-state index in [9.17, 15) is 4.79 Å². The summed E-state index contributed by atoms with van der Waals surface area (Å²) >= 11 is 0. The lowest BCUT2D eigenvalue weighted by Crippen LogP contribution is -2.40. The van der Waals surface area contributed by atoms with Gasteiger partial charge in [0.25, 0.3) is 0 Å². The highest BCUT2D eigenvalue weighted by Crippen LogP contribution is 2.44. The highest BCUT2D eigenvalue weighted by molar-refractivity contribution is 5.73. The van der Waals surface area contributed by atoms with E-state index in [4.69, 9.17) is 9.63 Å². The van der Waals surface area contributed by atoms with Crippen molar-refractivity contribution in [2.45, 2.75) is 33.1 Å². The lowest BCUT2D eigenvalue weighted by Gasteiger charge is -2.13. The minimum atomic E-state index is -0.188. The Kier molecular flexibility index (Phi) is 4.09. The van der Waals surface area contributed by atoms with E-state index in [-0.39, 0.29) is 18.1 Å². The van der Waals surface area contributed by atoms with Crippen LogP contribution in [0.2, 0.25) is 0 Å². The molecule has 1 heterocycles. The summed E-state index contributed by atoms with van der Waals surface area (Å²) in [5, 5.41) is 18.6. The van der Waals surface area contributed by atoms with Crippen molar-refractivity contribution in [1.82, 2.24) is 15.8 Å². The molecule has 3 N–H and O–H groups in total. The zero-order valence-electron chi connectivity index (χ0n) is 11.5. The second kappa shape index (κ2) is 5.61. The molecule has 1 aromatic rings. The summed E-state index contributed by atoms with van der Waals surface area (Å²) in [5.74, 6) is 0.803. The molecule has 0 bridgehead atoms. The summed E-state index contributed by atoms with van der Waals surface area (Å²) in [6, 6.07) is -0.188. The van der Waals surface area contributed by atoms with Crippen molar-refractivity contribution in [3.63, 3.8) is 0 Å². The normalized spacial score (nSPS) is 16.2. The molecule has 2 rings (SSSR count). The molecule has 0 radical (unpaired) electrons. The molecule has 1 saturated carbocycles. The number of aliphatic hydroxyl groups excluding tert-OH is 1. The number of aliphatic hydroxyl groups is 1. The molecule has 0 aliphatic heterocycles. The third-order valence-corrected chi connectivity index (χ3v) is 3.76. The fourth-order valence-electron chi connectivity index (χ4n) is 2.06. The van der Waals surface area contributed by atoms with E-state index < -0.39 is 0 Å². The molecule has 1 aliphatic carbocycles. The largest absolute Gasteiger partial charge is 0.396 e. The first kappa shape index (κ1) is 13.9. The molecule has 0 unspecified atom stereocenters. The average molecular weight is 267 g/mol. The quantitative estimate of drug-likeness (QED) is 0.715. The van der Waals surface area contributed by atoms with Crippen LogP contribution in [0.15, 0.2) is 4.52 Å². The van der Waals surface area contributed by atoms with Crippen LogP contribution in [-0.2, 0) is 6.42 Å². The van der Waals surface area contributed by atoms with Crippen LogP contribution >= 0.6 is 0 Å². The standard InChI is InChI=1S/C13H21N3O3/c1-9-11(10(2)19-16-9)3-6-14-12(18)15-7-13(8-17)4-5-13/h17H,3-8H2,1-2H3,(H2,14,15,18). The van der Waals surface area contributed by atoms with E-state index in [1.54, 1.807) is 0 Å². The monoisotopic (exact) mass is 267 g/mol. The third kappa shape index (κ3) is 3.47. The van der Waals surface area contributed by atoms with E-state index in [1.807, 2.05) is 13.8 Å². The van der Waals surface area contributed by atoms with Gasteiger partial charge in [0.15, 0.2) is 0 Å². The topological polar surface area (TPSA) is 87.4 Å². The minimum Gasteiger partial charge on any atom is -0.396 e. The van der Waals surface area contributed by atoms with E-state index in [0.717, 1.165) is 29.9 Å². The number of hydrogen-bond donors (Lipinski definition) is 3. The minimum absolute atomic E-state index is 0.0566. The van der Waals surface area contributed by atoms with E-state index in [2.05, 4.69) is 15.8 Å². The number of carbonyl (C=O) groups excluding carboxylic acids is 1. The first-order valence-corrected chi connectivity index (χ1v) is 6.61. The van der Waals surface area contributed by atoms with Crippen LogP contribution in [-0.4, -0.2) is 36.0 Å². The Morgan fingerprint density at radius 3 is 2.68 bits per heavy atom. The highest BCUT2D eigenvalue weighted by atomic mass is 16.5. The van der Waals surface area contributed by atoms with Crippen LogP contribution in [0.3, 0.4) is 0 Å². The number of aromatic nitrogens is 1. The Morgan fingerprint density at radius 2 is 2.16 bits per heavy atom. The smallest absolute Gasteiger partial charge is 0.314 e. The van der Waals surface area contributed by atoms with Crippen molar-refractivity contribution in [1.29, 1.82) is 0 Å². The van der Waals surface area contributed by atoms with Crippen LogP contribution in [0.4, 0.5) is 4.79 Å². The van der Waals surface area contributed by atoms with Crippen LogP contribution < -0.4 is 10.6 Å². The highest BCUT2D eigenvalue weighted by Gasteiger charge is 2.42. The predicted octanol–water partition coefficient (Wildman–Crippen LogP) is 0.906. The predicted molar refractivity (Wildman–Crippen MR) is 69.8 cm³/mol. The van der Waals surface area contributed by atoms with Crippen LogP contribution in [0.5, 0.6) is 0 Å². The molecule has 6 nitrogen and oxygen atoms in total. The summed E-state index contributed by atoms with van der Waals surface area (Å²) < 4.78 is 5.06. The number of carbonyl (C=O) groups is 1. The van der Waals surface area contributed by atoms with Gasteiger partial charge in [-0.15, -0.1) is 0 Å². The maximum Gasteiger partial charge on any atom is 0.314 e. The molecule has 1 aromatic heterocycles. The van der Waals surface area contributed by atoms with Gasteiger partial charge in [0, 0.05) is 24.1 Å². The average Bonchev–Trinajstić information content (AvgIpc) is 3.12. The van der Waals surface area contributed by atoms with Gasteiger partial charge in [-0.2, -0.15) is 0 Å². The van der Waals surface area contributed by atoms with Gasteiger partial charge in [-0.3, -0.25) is 0 Å². The van der Waals surface area contributed by atoms with Crippen molar-refractivity contribution in [2.75, 3.05) is 19.7 Å². The fraction of sp³-hybridized carbons (Fsp3) is 0.692. The van der Waals surface area contributed by atoms with Gasteiger partial charge in [0.2, 0.25) is 0 Å². The molecular weight excluding hydrogens is 246 g/mol. The van der Waals surface area contributed by atoms with Crippen molar-refractivity contribution >= 4 is 6.03 Å². The molecule has 0 aromatic carbocycles. The van der Waals surface area contributed by atoms with Gasteiger partial charge < -0.3 is 20.3 Å². The second-order valence-electron chi connectivity index (χ2n) is 5.32. The SMILES string of the molecule is Cc1noc(C)c1CCNC(=O)NCC1(CO)CC1. The van der Waals surface area contributed by atoms with Crippen LogP contribution in [0, 0.1) is 19.3 Å². The first-order valence-electron chi connectivity index (χ1n) is 6.61. The van der Waals surface area contributed by atoms with Crippen molar-refractivity contribution in [3.05, 3.63) is 17.0 Å². The molecule has 0 saturated heterocycles. The number of amides is 2. The summed E-state index contributed by atoms with van der Waals surface area (Å²) in [6.45, 7) is 4.99. The number of nitrogens with zero attached hydrogens (tertiary/aromatic N) is 1. The zero-order chi connectivity index (χ0) is 13.9. The number of urea groups is 1. The van der Waals surface area contributed by atoms with Crippen molar-refractivity contribution in [2.24, 2.45) is 5.41 Å². The van der Waals surface area contributed by atoms with Crippen LogP contribution in [0.25, 0.3) is 0 Å². The molecule has 106 valence electrons. The van der Waals surface area contributed by atoms with E-state index in [0.29, 0.717) is 19.5 Å². The Morgan fingerprint density at radius 1 is 1.42 bits per heavy atom. The Bertz CT molecular complexity index is 432. The number of rotatable bonds is 6. The van der Waals surface area contributed by atoms with Gasteiger partial charge in [-0.25, -0.2) is 4.79 Å². The lowest BCUT2D eigenvalue weighted by molar-refractivity contribution is 0.203. The molecule has 2 amide bonds. The molecule has 1 aliphatic rings. The van der Waals surface area contributed by atoms with Gasteiger partial charge in [0.05, 0.1) is 12.3 Å². The van der Waals surface area contributed by atoms with Gasteiger partial charge in [-0.05, 0) is 33.1 Å². The van der Waals surface area contributed by atoms with Gasteiger partial charge >= 0.3 is 6.03 Å². The third-order valence-electron chi connectivity index (χ3n) is 3.76. The summed E-state index contributed by atoms with van der Waals surface area (Å²) in [5.41, 5.74) is 1.87. The Balaban J connectivity index is 1.67. The lowest BCUT2D eigenvalue weighted by atomic mass is 10.1.